The summed E-state index contributed by atoms with van der Waals surface area (Å²) in [6, 6.07) is 9.34. The Morgan fingerprint density at radius 3 is 2.46 bits per heavy atom. The number of pyridine rings is 1. The van der Waals surface area contributed by atoms with Crippen LogP contribution in [0, 0.1) is 12.8 Å². The molecule has 1 N–H and O–H groups in total. The molecule has 1 amide bonds. The van der Waals surface area contributed by atoms with Gasteiger partial charge in [0.2, 0.25) is 0 Å². The second-order valence-electron chi connectivity index (χ2n) is 7.41. The fraction of sp³-hybridized carbons (Fsp3) is 0.364. The van der Waals surface area contributed by atoms with E-state index in [0.29, 0.717) is 23.4 Å². The summed E-state index contributed by atoms with van der Waals surface area (Å²) in [7, 11) is 1.62. The molecule has 0 aliphatic heterocycles. The Balaban J connectivity index is 1.94. The van der Waals surface area contributed by atoms with Gasteiger partial charge in [-0.3, -0.25) is 9.59 Å². The number of fused-ring (bicyclic) bond motifs is 1. The summed E-state index contributed by atoms with van der Waals surface area (Å²) >= 11 is 1.49. The topological polar surface area (TPSA) is 60.3 Å². The molecule has 0 fully saturated rings. The second kappa shape index (κ2) is 8.19. The minimum atomic E-state index is -0.216. The molecular weight excluding hydrogens is 372 g/mol. The fourth-order valence-electron chi connectivity index (χ4n) is 3.32. The van der Waals surface area contributed by atoms with E-state index in [1.165, 1.54) is 11.3 Å². The molecule has 2 heterocycles. The number of carbonyl (C=O) groups excluding carboxylic acids is 1. The predicted molar refractivity (Wildman–Crippen MR) is 115 cm³/mol. The molecule has 0 saturated heterocycles. The lowest BCUT2D eigenvalue weighted by Gasteiger charge is -2.15. The van der Waals surface area contributed by atoms with Crippen molar-refractivity contribution in [2.45, 2.75) is 40.3 Å². The fourth-order valence-corrected chi connectivity index (χ4v) is 4.37. The van der Waals surface area contributed by atoms with Gasteiger partial charge in [0.15, 0.2) is 0 Å². The van der Waals surface area contributed by atoms with Crippen LogP contribution in [0.15, 0.2) is 41.3 Å². The van der Waals surface area contributed by atoms with Crippen LogP contribution >= 0.6 is 11.3 Å². The Hall–Kier alpha value is -2.60. The SMILES string of the molecule is COc1ccc(C(C)NC(=O)c2c(C)sc3ccn(CC(C)C)c(=O)c23)cc1. The van der Waals surface area contributed by atoms with Crippen molar-refractivity contribution in [1.82, 2.24) is 9.88 Å². The van der Waals surface area contributed by atoms with Gasteiger partial charge in [0.05, 0.1) is 24.1 Å². The zero-order chi connectivity index (χ0) is 20.4. The molecule has 2 aromatic heterocycles. The Labute approximate surface area is 169 Å². The summed E-state index contributed by atoms with van der Waals surface area (Å²) in [5.41, 5.74) is 1.37. The van der Waals surface area contributed by atoms with E-state index in [9.17, 15) is 9.59 Å². The number of benzene rings is 1. The van der Waals surface area contributed by atoms with E-state index in [1.807, 2.05) is 50.4 Å². The first-order valence-corrected chi connectivity index (χ1v) is 10.2. The molecule has 0 aliphatic carbocycles. The number of hydrogen-bond acceptors (Lipinski definition) is 4. The third-order valence-corrected chi connectivity index (χ3v) is 5.81. The average molecular weight is 399 g/mol. The van der Waals surface area contributed by atoms with Gasteiger partial charge in [0, 0.05) is 22.3 Å². The van der Waals surface area contributed by atoms with E-state index >= 15 is 0 Å². The van der Waals surface area contributed by atoms with Crippen molar-refractivity contribution < 1.29 is 9.53 Å². The zero-order valence-corrected chi connectivity index (χ0v) is 17.7. The predicted octanol–water partition coefficient (Wildman–Crippen LogP) is 4.53. The zero-order valence-electron chi connectivity index (χ0n) is 16.9. The molecule has 3 aromatic rings. The number of thiophene rings is 1. The van der Waals surface area contributed by atoms with Gasteiger partial charge in [-0.2, -0.15) is 0 Å². The largest absolute Gasteiger partial charge is 0.497 e. The van der Waals surface area contributed by atoms with Crippen molar-refractivity contribution >= 4 is 27.3 Å². The Morgan fingerprint density at radius 2 is 1.86 bits per heavy atom. The van der Waals surface area contributed by atoms with E-state index in [4.69, 9.17) is 4.74 Å². The van der Waals surface area contributed by atoms with Gasteiger partial charge in [-0.25, -0.2) is 0 Å². The van der Waals surface area contributed by atoms with Crippen LogP contribution in [0.1, 0.15) is 47.6 Å². The minimum absolute atomic E-state index is 0.0993. The molecule has 1 unspecified atom stereocenters. The number of methoxy groups -OCH3 is 1. The lowest BCUT2D eigenvalue weighted by Crippen LogP contribution is -2.29. The van der Waals surface area contributed by atoms with Gasteiger partial charge in [-0.1, -0.05) is 26.0 Å². The first kappa shape index (κ1) is 20.1. The third kappa shape index (κ3) is 3.97. The summed E-state index contributed by atoms with van der Waals surface area (Å²) < 4.78 is 7.73. The summed E-state index contributed by atoms with van der Waals surface area (Å²) in [6.45, 7) is 8.59. The molecule has 0 radical (unpaired) electrons. The highest BCUT2D eigenvalue weighted by atomic mass is 32.1. The van der Waals surface area contributed by atoms with Crippen LogP contribution in [0.5, 0.6) is 5.75 Å². The molecule has 1 aromatic carbocycles. The van der Waals surface area contributed by atoms with Crippen LogP contribution in [0.25, 0.3) is 10.1 Å². The molecule has 0 aliphatic rings. The maximum Gasteiger partial charge on any atom is 0.260 e. The van der Waals surface area contributed by atoms with Gasteiger partial charge >= 0.3 is 0 Å². The third-order valence-electron chi connectivity index (χ3n) is 4.74. The van der Waals surface area contributed by atoms with Gasteiger partial charge in [-0.15, -0.1) is 11.3 Å². The molecule has 148 valence electrons. The van der Waals surface area contributed by atoms with Crippen LogP contribution in [-0.2, 0) is 6.54 Å². The molecule has 0 saturated carbocycles. The van der Waals surface area contributed by atoms with E-state index < -0.39 is 0 Å². The van der Waals surface area contributed by atoms with Crippen LogP contribution in [0.4, 0.5) is 0 Å². The van der Waals surface area contributed by atoms with Crippen LogP contribution in [0.3, 0.4) is 0 Å². The van der Waals surface area contributed by atoms with Gasteiger partial charge in [-0.05, 0) is 43.5 Å². The van der Waals surface area contributed by atoms with Crippen molar-refractivity contribution in [3.05, 3.63) is 62.9 Å². The highest BCUT2D eigenvalue weighted by molar-refractivity contribution is 7.19. The number of nitrogens with zero attached hydrogens (tertiary/aromatic N) is 1. The van der Waals surface area contributed by atoms with Crippen molar-refractivity contribution in [2.24, 2.45) is 5.92 Å². The lowest BCUT2D eigenvalue weighted by molar-refractivity contribution is 0.0941. The maximum absolute atomic E-state index is 13.1. The van der Waals surface area contributed by atoms with Gasteiger partial charge < -0.3 is 14.6 Å². The standard InChI is InChI=1S/C22H26N2O3S/c1-13(2)12-24-11-10-18-20(22(24)26)19(15(4)28-18)21(25)23-14(3)16-6-8-17(27-5)9-7-16/h6-11,13-14H,12H2,1-5H3,(H,23,25). The number of ether oxygens (including phenoxy) is 1. The normalized spacial score (nSPS) is 12.4. The van der Waals surface area contributed by atoms with Crippen molar-refractivity contribution in [3.8, 4) is 5.75 Å². The number of carbonyl (C=O) groups is 1. The lowest BCUT2D eigenvalue weighted by atomic mass is 10.1. The van der Waals surface area contributed by atoms with E-state index in [2.05, 4.69) is 19.2 Å². The molecule has 0 bridgehead atoms. The second-order valence-corrected chi connectivity index (χ2v) is 8.66. The van der Waals surface area contributed by atoms with Crippen molar-refractivity contribution in [3.63, 3.8) is 0 Å². The molecule has 3 rings (SSSR count). The Bertz CT molecular complexity index is 1050. The molecule has 0 spiro atoms. The number of hydrogen-bond donors (Lipinski definition) is 1. The number of aryl methyl sites for hydroxylation is 1. The number of aromatic nitrogens is 1. The smallest absolute Gasteiger partial charge is 0.260 e. The highest BCUT2D eigenvalue weighted by Crippen LogP contribution is 2.29. The van der Waals surface area contributed by atoms with Crippen LogP contribution in [-0.4, -0.2) is 17.6 Å². The van der Waals surface area contributed by atoms with Crippen molar-refractivity contribution in [1.29, 1.82) is 0 Å². The summed E-state index contributed by atoms with van der Waals surface area (Å²) in [5, 5.41) is 3.55. The molecule has 5 nitrogen and oxygen atoms in total. The molecule has 28 heavy (non-hydrogen) atoms. The maximum atomic E-state index is 13.1. The van der Waals surface area contributed by atoms with Gasteiger partial charge in [0.1, 0.15) is 5.75 Å². The number of amides is 1. The summed E-state index contributed by atoms with van der Waals surface area (Å²) in [6.07, 6.45) is 1.82. The Kier molecular flexibility index (Phi) is 5.89. The minimum Gasteiger partial charge on any atom is -0.497 e. The summed E-state index contributed by atoms with van der Waals surface area (Å²) in [5.74, 6) is 0.904. The number of rotatable bonds is 6. The first-order valence-electron chi connectivity index (χ1n) is 9.39. The highest BCUT2D eigenvalue weighted by Gasteiger charge is 2.22. The van der Waals surface area contributed by atoms with Gasteiger partial charge in [0.25, 0.3) is 11.5 Å². The van der Waals surface area contributed by atoms with E-state index in [1.54, 1.807) is 11.7 Å². The van der Waals surface area contributed by atoms with Crippen molar-refractivity contribution in [2.75, 3.05) is 7.11 Å². The first-order chi connectivity index (χ1) is 13.3. The van der Waals surface area contributed by atoms with Crippen LogP contribution < -0.4 is 15.6 Å². The molecule has 6 heteroatoms. The number of nitrogens with one attached hydrogen (secondary N) is 1. The monoisotopic (exact) mass is 398 g/mol. The summed E-state index contributed by atoms with van der Waals surface area (Å²) in [4.78, 5) is 26.9. The Morgan fingerprint density at radius 1 is 1.18 bits per heavy atom. The van der Waals surface area contributed by atoms with E-state index in [-0.39, 0.29) is 17.5 Å². The van der Waals surface area contributed by atoms with Crippen LogP contribution in [0.2, 0.25) is 0 Å². The van der Waals surface area contributed by atoms with E-state index in [0.717, 1.165) is 20.9 Å². The quantitative estimate of drug-likeness (QED) is 0.664. The molecule has 1 atom stereocenters. The molecular formula is C22H26N2O3S. The average Bonchev–Trinajstić information content (AvgIpc) is 3.00.